The highest BCUT2D eigenvalue weighted by Crippen LogP contribution is 2.15. The molecule has 0 saturated carbocycles. The fourth-order valence-electron chi connectivity index (χ4n) is 1.46. The lowest BCUT2D eigenvalue weighted by molar-refractivity contribution is -0.123. The number of benzene rings is 1. The van der Waals surface area contributed by atoms with E-state index in [0.29, 0.717) is 15.8 Å². The van der Waals surface area contributed by atoms with Crippen molar-refractivity contribution in [3.63, 3.8) is 0 Å². The van der Waals surface area contributed by atoms with E-state index in [9.17, 15) is 9.18 Å². The summed E-state index contributed by atoms with van der Waals surface area (Å²) in [6, 6.07) is 6.22. The van der Waals surface area contributed by atoms with Gasteiger partial charge in [-0.05, 0) is 24.2 Å². The number of halogens is 2. The van der Waals surface area contributed by atoms with Crippen LogP contribution in [0.3, 0.4) is 0 Å². The van der Waals surface area contributed by atoms with Crippen LogP contribution in [0.25, 0.3) is 0 Å². The lowest BCUT2D eigenvalue weighted by Crippen LogP contribution is -2.28. The maximum Gasteiger partial charge on any atom is 0.258 e. The Labute approximate surface area is 123 Å². The van der Waals surface area contributed by atoms with E-state index in [2.05, 4.69) is 26.4 Å². The number of aryl methyl sites for hydroxylation is 1. The average Bonchev–Trinajstić information content (AvgIpc) is 2.81. The summed E-state index contributed by atoms with van der Waals surface area (Å²) in [6.07, 6.45) is 0. The number of aromatic nitrogens is 1. The number of carbonyl (C=O) groups excluding carboxylic acids is 1. The number of amides is 1. The van der Waals surface area contributed by atoms with Crippen LogP contribution in [0.4, 0.5) is 4.39 Å². The standard InChI is InChI=1S/C13H12BrFN2O3/c1-8-4-13(17-20-8)19-7-12(18)16-6-9-2-3-10(14)5-11(9)15/h2-5H,6-7H2,1H3,(H,16,18). The molecule has 0 saturated heterocycles. The van der Waals surface area contributed by atoms with E-state index in [0.717, 1.165) is 0 Å². The zero-order valence-corrected chi connectivity index (χ0v) is 12.2. The lowest BCUT2D eigenvalue weighted by Gasteiger charge is -2.06. The summed E-state index contributed by atoms with van der Waals surface area (Å²) in [5.41, 5.74) is 0.402. The number of carbonyl (C=O) groups is 1. The summed E-state index contributed by atoms with van der Waals surface area (Å²) in [6.45, 7) is 1.61. The highest BCUT2D eigenvalue weighted by Gasteiger charge is 2.08. The summed E-state index contributed by atoms with van der Waals surface area (Å²) < 4.78 is 24.1. The molecule has 5 nitrogen and oxygen atoms in total. The second kappa shape index (κ2) is 6.51. The largest absolute Gasteiger partial charge is 0.465 e. The smallest absolute Gasteiger partial charge is 0.258 e. The van der Waals surface area contributed by atoms with Crippen LogP contribution in [-0.2, 0) is 11.3 Å². The highest BCUT2D eigenvalue weighted by molar-refractivity contribution is 9.10. The first kappa shape index (κ1) is 14.5. The fourth-order valence-corrected chi connectivity index (χ4v) is 1.79. The molecule has 1 aromatic heterocycles. The van der Waals surface area contributed by atoms with Gasteiger partial charge in [0.2, 0.25) is 0 Å². The number of rotatable bonds is 5. The zero-order chi connectivity index (χ0) is 14.5. The molecular weight excluding hydrogens is 331 g/mol. The van der Waals surface area contributed by atoms with Crippen molar-refractivity contribution in [2.45, 2.75) is 13.5 Å². The van der Waals surface area contributed by atoms with Crippen LogP contribution in [0, 0.1) is 12.7 Å². The Kier molecular flexibility index (Phi) is 4.73. The van der Waals surface area contributed by atoms with E-state index >= 15 is 0 Å². The van der Waals surface area contributed by atoms with Crippen molar-refractivity contribution in [1.29, 1.82) is 0 Å². The molecule has 0 bridgehead atoms. The third-order valence-corrected chi connectivity index (χ3v) is 2.94. The second-order valence-corrected chi connectivity index (χ2v) is 4.99. The third-order valence-electron chi connectivity index (χ3n) is 2.45. The van der Waals surface area contributed by atoms with Crippen LogP contribution in [0.2, 0.25) is 0 Å². The molecule has 0 aliphatic rings. The van der Waals surface area contributed by atoms with Gasteiger partial charge >= 0.3 is 0 Å². The third kappa shape index (κ3) is 4.06. The van der Waals surface area contributed by atoms with E-state index in [1.807, 2.05) is 0 Å². The van der Waals surface area contributed by atoms with Crippen molar-refractivity contribution < 1.29 is 18.4 Å². The van der Waals surface area contributed by atoms with Crippen LogP contribution < -0.4 is 10.1 Å². The summed E-state index contributed by atoms with van der Waals surface area (Å²) in [7, 11) is 0. The molecule has 0 aliphatic carbocycles. The van der Waals surface area contributed by atoms with Gasteiger partial charge in [0.05, 0.1) is 0 Å². The van der Waals surface area contributed by atoms with Gasteiger partial charge in [0.1, 0.15) is 11.6 Å². The predicted molar refractivity (Wildman–Crippen MR) is 72.7 cm³/mol. The number of nitrogens with one attached hydrogen (secondary N) is 1. The maximum atomic E-state index is 13.5. The van der Waals surface area contributed by atoms with Gasteiger partial charge < -0.3 is 14.6 Å². The van der Waals surface area contributed by atoms with E-state index in [1.165, 1.54) is 6.07 Å². The number of ether oxygens (including phenoxy) is 1. The normalized spacial score (nSPS) is 10.3. The molecule has 0 unspecified atom stereocenters. The molecule has 1 amide bonds. The van der Waals surface area contributed by atoms with Crippen molar-refractivity contribution in [3.05, 3.63) is 45.9 Å². The molecule has 0 atom stereocenters. The minimum atomic E-state index is -0.382. The van der Waals surface area contributed by atoms with Gasteiger partial charge in [-0.3, -0.25) is 4.79 Å². The number of hydrogen-bond donors (Lipinski definition) is 1. The lowest BCUT2D eigenvalue weighted by atomic mass is 10.2. The quantitative estimate of drug-likeness (QED) is 0.906. The molecule has 0 aliphatic heterocycles. The van der Waals surface area contributed by atoms with E-state index in [4.69, 9.17) is 9.26 Å². The van der Waals surface area contributed by atoms with Gasteiger partial charge in [-0.2, -0.15) is 0 Å². The van der Waals surface area contributed by atoms with Gasteiger partial charge in [-0.15, -0.1) is 0 Å². The monoisotopic (exact) mass is 342 g/mol. The molecule has 1 heterocycles. The SMILES string of the molecule is Cc1cc(OCC(=O)NCc2ccc(Br)cc2F)no1. The highest BCUT2D eigenvalue weighted by atomic mass is 79.9. The van der Waals surface area contributed by atoms with Gasteiger partial charge in [-0.25, -0.2) is 4.39 Å². The summed E-state index contributed by atoms with van der Waals surface area (Å²) in [4.78, 5) is 11.5. The molecule has 2 rings (SSSR count). The van der Waals surface area contributed by atoms with Crippen molar-refractivity contribution in [2.75, 3.05) is 6.61 Å². The van der Waals surface area contributed by atoms with Crippen molar-refractivity contribution in [3.8, 4) is 5.88 Å². The van der Waals surface area contributed by atoms with E-state index in [-0.39, 0.29) is 30.8 Å². The first-order valence-electron chi connectivity index (χ1n) is 5.81. The Morgan fingerprint density at radius 3 is 2.95 bits per heavy atom. The minimum absolute atomic E-state index is 0.0964. The molecule has 1 aromatic carbocycles. The van der Waals surface area contributed by atoms with Gasteiger partial charge in [0.15, 0.2) is 6.61 Å². The summed E-state index contributed by atoms with van der Waals surface area (Å²) in [5, 5.41) is 6.15. The number of nitrogens with zero attached hydrogens (tertiary/aromatic N) is 1. The first-order valence-corrected chi connectivity index (χ1v) is 6.60. The minimum Gasteiger partial charge on any atom is -0.465 e. The molecular formula is C13H12BrFN2O3. The zero-order valence-electron chi connectivity index (χ0n) is 10.7. The first-order chi connectivity index (χ1) is 9.54. The van der Waals surface area contributed by atoms with Crippen LogP contribution in [0.15, 0.2) is 33.3 Å². The van der Waals surface area contributed by atoms with E-state index < -0.39 is 0 Å². The number of hydrogen-bond acceptors (Lipinski definition) is 4. The Bertz CT molecular complexity index is 615. The Morgan fingerprint density at radius 1 is 1.50 bits per heavy atom. The maximum absolute atomic E-state index is 13.5. The molecule has 20 heavy (non-hydrogen) atoms. The van der Waals surface area contributed by atoms with Crippen molar-refractivity contribution in [2.24, 2.45) is 0 Å². The van der Waals surface area contributed by atoms with Crippen LogP contribution in [0.5, 0.6) is 5.88 Å². The van der Waals surface area contributed by atoms with Gasteiger partial charge in [0, 0.05) is 22.6 Å². The fraction of sp³-hybridized carbons (Fsp3) is 0.231. The topological polar surface area (TPSA) is 64.4 Å². The molecule has 0 spiro atoms. The van der Waals surface area contributed by atoms with Crippen LogP contribution in [0.1, 0.15) is 11.3 Å². The predicted octanol–water partition coefficient (Wildman–Crippen LogP) is 2.58. The second-order valence-electron chi connectivity index (χ2n) is 4.08. The molecule has 7 heteroatoms. The molecule has 2 aromatic rings. The van der Waals surface area contributed by atoms with Crippen molar-refractivity contribution >= 4 is 21.8 Å². The molecule has 1 N–H and O–H groups in total. The van der Waals surface area contributed by atoms with E-state index in [1.54, 1.807) is 25.1 Å². The average molecular weight is 343 g/mol. The Morgan fingerprint density at radius 2 is 2.30 bits per heavy atom. The van der Waals surface area contributed by atoms with Gasteiger partial charge in [0.25, 0.3) is 11.8 Å². The van der Waals surface area contributed by atoms with Crippen LogP contribution >= 0.6 is 15.9 Å². The van der Waals surface area contributed by atoms with Crippen LogP contribution in [-0.4, -0.2) is 17.7 Å². The molecule has 0 fully saturated rings. The summed E-state index contributed by atoms with van der Waals surface area (Å²) >= 11 is 3.17. The van der Waals surface area contributed by atoms with Crippen molar-refractivity contribution in [1.82, 2.24) is 10.5 Å². The summed E-state index contributed by atoms with van der Waals surface area (Å²) in [5.74, 6) is 0.0884. The molecule has 0 radical (unpaired) electrons. The molecule has 106 valence electrons. The Balaban J connectivity index is 1.80. The van der Waals surface area contributed by atoms with Gasteiger partial charge in [-0.1, -0.05) is 22.0 Å². The Hall–Kier alpha value is -1.89.